The quantitative estimate of drug-likeness (QED) is 0.764. The summed E-state index contributed by atoms with van der Waals surface area (Å²) in [5, 5.41) is 10.3. The maximum atomic E-state index is 11.3. The van der Waals surface area contributed by atoms with Crippen LogP contribution in [0.15, 0.2) is 42.5 Å². The lowest BCUT2D eigenvalue weighted by atomic mass is 10.1. The molecule has 0 aliphatic carbocycles. The van der Waals surface area contributed by atoms with Crippen LogP contribution >= 0.6 is 22.9 Å². The highest BCUT2D eigenvalue weighted by Gasteiger charge is 2.18. The third-order valence-corrected chi connectivity index (χ3v) is 4.12. The summed E-state index contributed by atoms with van der Waals surface area (Å²) in [6, 6.07) is 12.5. The van der Waals surface area contributed by atoms with Crippen LogP contribution < -0.4 is 0 Å². The Morgan fingerprint density at radius 2 is 1.95 bits per heavy atom. The van der Waals surface area contributed by atoms with Gasteiger partial charge in [-0.2, -0.15) is 0 Å². The predicted octanol–water partition coefficient (Wildman–Crippen LogP) is 4.31. The first kappa shape index (κ1) is 12.1. The number of hydrogen-bond acceptors (Lipinski definition) is 3. The van der Waals surface area contributed by atoms with Gasteiger partial charge in [0.2, 0.25) is 0 Å². The summed E-state index contributed by atoms with van der Waals surface area (Å²) >= 11 is 7.58. The zero-order valence-corrected chi connectivity index (χ0v) is 11.2. The molecule has 1 heterocycles. The van der Waals surface area contributed by atoms with E-state index >= 15 is 0 Å². The Kier molecular flexibility index (Phi) is 2.97. The first-order valence-corrected chi connectivity index (χ1v) is 6.74. The zero-order valence-electron chi connectivity index (χ0n) is 9.63. The Balaban J connectivity index is 2.29. The molecular formula is C14H8ClNO2S. The first-order chi connectivity index (χ1) is 9.16. The second-order valence-corrected chi connectivity index (χ2v) is 5.39. The van der Waals surface area contributed by atoms with Gasteiger partial charge in [-0.05, 0) is 24.3 Å². The van der Waals surface area contributed by atoms with Crippen molar-refractivity contribution in [3.63, 3.8) is 0 Å². The maximum Gasteiger partial charge on any atom is 0.336 e. The first-order valence-electron chi connectivity index (χ1n) is 5.54. The van der Waals surface area contributed by atoms with Crippen molar-refractivity contribution in [2.24, 2.45) is 0 Å². The summed E-state index contributed by atoms with van der Waals surface area (Å²) in [6.07, 6.45) is 0. The highest BCUT2D eigenvalue weighted by atomic mass is 35.5. The summed E-state index contributed by atoms with van der Waals surface area (Å²) in [6.45, 7) is 0. The number of thiazole rings is 1. The molecule has 0 saturated heterocycles. The average molecular weight is 290 g/mol. The molecule has 5 heteroatoms. The Bertz CT molecular complexity index is 749. The second-order valence-electron chi connectivity index (χ2n) is 3.95. The monoisotopic (exact) mass is 289 g/mol. The van der Waals surface area contributed by atoms with Crippen LogP contribution in [0.25, 0.3) is 20.8 Å². The molecule has 0 aliphatic rings. The third kappa shape index (κ3) is 2.09. The van der Waals surface area contributed by atoms with E-state index in [2.05, 4.69) is 4.98 Å². The maximum absolute atomic E-state index is 11.3. The lowest BCUT2D eigenvalue weighted by Gasteiger charge is -2.04. The van der Waals surface area contributed by atoms with Crippen LogP contribution in [0.4, 0.5) is 0 Å². The van der Waals surface area contributed by atoms with Crippen LogP contribution in [-0.4, -0.2) is 16.1 Å². The largest absolute Gasteiger partial charge is 0.478 e. The Morgan fingerprint density at radius 1 is 1.16 bits per heavy atom. The van der Waals surface area contributed by atoms with Crippen molar-refractivity contribution < 1.29 is 9.90 Å². The fourth-order valence-corrected chi connectivity index (χ4v) is 3.26. The molecule has 3 nitrogen and oxygen atoms in total. The van der Waals surface area contributed by atoms with Gasteiger partial charge in [0.25, 0.3) is 0 Å². The minimum Gasteiger partial charge on any atom is -0.478 e. The summed E-state index contributed by atoms with van der Waals surface area (Å²) < 4.78 is 1.01. The summed E-state index contributed by atoms with van der Waals surface area (Å²) in [4.78, 5) is 15.7. The van der Waals surface area contributed by atoms with Crippen molar-refractivity contribution in [1.29, 1.82) is 0 Å². The Labute approximate surface area is 118 Å². The van der Waals surface area contributed by atoms with Crippen molar-refractivity contribution in [3.05, 3.63) is 53.1 Å². The molecule has 0 amide bonds. The number of hydrogen-bond donors (Lipinski definition) is 1. The fraction of sp³-hybridized carbons (Fsp3) is 0. The number of carboxylic acid groups (broad SMARTS) is 1. The van der Waals surface area contributed by atoms with Gasteiger partial charge in [0, 0.05) is 5.56 Å². The standard InChI is InChI=1S/C14H8ClNO2S/c15-9-5-3-4-8(14(17)18)12(9)13-16-10-6-1-2-7-11(10)19-13/h1-7H,(H,17,18). The van der Waals surface area contributed by atoms with Crippen LogP contribution in [0, 0.1) is 0 Å². The topological polar surface area (TPSA) is 50.2 Å². The van der Waals surface area contributed by atoms with Crippen molar-refractivity contribution in [1.82, 2.24) is 4.98 Å². The number of nitrogens with zero attached hydrogens (tertiary/aromatic N) is 1. The normalized spacial score (nSPS) is 10.8. The molecule has 1 aromatic heterocycles. The molecular weight excluding hydrogens is 282 g/mol. The number of para-hydroxylation sites is 1. The van der Waals surface area contributed by atoms with Crippen LogP contribution in [0.2, 0.25) is 5.02 Å². The van der Waals surface area contributed by atoms with Gasteiger partial charge in [0.05, 0.1) is 20.8 Å². The van der Waals surface area contributed by atoms with Crippen molar-refractivity contribution in [2.75, 3.05) is 0 Å². The summed E-state index contributed by atoms with van der Waals surface area (Å²) in [5.41, 5.74) is 1.50. The van der Waals surface area contributed by atoms with E-state index < -0.39 is 5.97 Å². The van der Waals surface area contributed by atoms with Gasteiger partial charge in [0.1, 0.15) is 5.01 Å². The number of carbonyl (C=O) groups is 1. The SMILES string of the molecule is O=C(O)c1cccc(Cl)c1-c1nc2ccccc2s1. The molecule has 19 heavy (non-hydrogen) atoms. The van der Waals surface area contributed by atoms with E-state index in [9.17, 15) is 9.90 Å². The molecule has 94 valence electrons. The van der Waals surface area contributed by atoms with Crippen LogP contribution in [0.5, 0.6) is 0 Å². The van der Waals surface area contributed by atoms with Gasteiger partial charge < -0.3 is 5.11 Å². The Morgan fingerprint density at radius 3 is 2.68 bits per heavy atom. The zero-order chi connectivity index (χ0) is 13.4. The smallest absolute Gasteiger partial charge is 0.336 e. The number of halogens is 1. The van der Waals surface area contributed by atoms with E-state index in [1.165, 1.54) is 17.4 Å². The predicted molar refractivity (Wildman–Crippen MR) is 77.0 cm³/mol. The minimum absolute atomic E-state index is 0.173. The molecule has 0 radical (unpaired) electrons. The van der Waals surface area contributed by atoms with E-state index in [4.69, 9.17) is 11.6 Å². The van der Waals surface area contributed by atoms with Gasteiger partial charge in [-0.15, -0.1) is 11.3 Å². The number of benzene rings is 2. The number of aromatic nitrogens is 1. The van der Waals surface area contributed by atoms with Crippen molar-refractivity contribution >= 4 is 39.1 Å². The van der Waals surface area contributed by atoms with Crippen LogP contribution in [0.1, 0.15) is 10.4 Å². The van der Waals surface area contributed by atoms with Gasteiger partial charge >= 0.3 is 5.97 Å². The molecule has 0 aliphatic heterocycles. The van der Waals surface area contributed by atoms with E-state index in [1.54, 1.807) is 12.1 Å². The fourth-order valence-electron chi connectivity index (χ4n) is 1.90. The molecule has 0 atom stereocenters. The molecule has 0 unspecified atom stereocenters. The highest BCUT2D eigenvalue weighted by Crippen LogP contribution is 2.36. The average Bonchev–Trinajstić information content (AvgIpc) is 2.81. The van der Waals surface area contributed by atoms with Crippen molar-refractivity contribution in [2.45, 2.75) is 0 Å². The lowest BCUT2D eigenvalue weighted by Crippen LogP contribution is -1.99. The van der Waals surface area contributed by atoms with Gasteiger partial charge in [0.15, 0.2) is 0 Å². The second kappa shape index (κ2) is 4.64. The third-order valence-electron chi connectivity index (χ3n) is 2.75. The summed E-state index contributed by atoms with van der Waals surface area (Å²) in [5.74, 6) is -1.00. The highest BCUT2D eigenvalue weighted by molar-refractivity contribution is 7.21. The van der Waals surface area contributed by atoms with Gasteiger partial charge in [-0.3, -0.25) is 0 Å². The van der Waals surface area contributed by atoms with E-state index in [-0.39, 0.29) is 5.56 Å². The number of carboxylic acids is 1. The van der Waals surface area contributed by atoms with Gasteiger partial charge in [-0.25, -0.2) is 9.78 Å². The molecule has 3 rings (SSSR count). The number of fused-ring (bicyclic) bond motifs is 1. The van der Waals surface area contributed by atoms with Crippen molar-refractivity contribution in [3.8, 4) is 10.6 Å². The molecule has 2 aromatic carbocycles. The lowest BCUT2D eigenvalue weighted by molar-refractivity contribution is 0.0697. The molecule has 0 spiro atoms. The minimum atomic E-state index is -1.00. The summed E-state index contributed by atoms with van der Waals surface area (Å²) in [7, 11) is 0. The number of rotatable bonds is 2. The van der Waals surface area contributed by atoms with E-state index in [0.29, 0.717) is 15.6 Å². The molecule has 3 aromatic rings. The molecule has 0 fully saturated rings. The van der Waals surface area contributed by atoms with Crippen LogP contribution in [0.3, 0.4) is 0 Å². The van der Waals surface area contributed by atoms with E-state index in [1.807, 2.05) is 24.3 Å². The van der Waals surface area contributed by atoms with E-state index in [0.717, 1.165) is 10.2 Å². The number of aromatic carboxylic acids is 1. The van der Waals surface area contributed by atoms with Gasteiger partial charge in [-0.1, -0.05) is 29.8 Å². The Hall–Kier alpha value is -1.91. The molecule has 0 bridgehead atoms. The molecule has 1 N–H and O–H groups in total. The van der Waals surface area contributed by atoms with Crippen LogP contribution in [-0.2, 0) is 0 Å². The molecule has 0 saturated carbocycles.